The van der Waals surface area contributed by atoms with Crippen LogP contribution in [0.25, 0.3) is 136 Å². The molecule has 0 unspecified atom stereocenters. The molecule has 0 saturated heterocycles. The van der Waals surface area contributed by atoms with E-state index in [1.165, 1.54) is 37.7 Å². The third-order valence-corrected chi connectivity index (χ3v) is 12.9. The Morgan fingerprint density at radius 3 is 1.65 bits per heavy atom. The van der Waals surface area contributed by atoms with Gasteiger partial charge in [0.25, 0.3) is 0 Å². The number of aromatic nitrogens is 3. The van der Waals surface area contributed by atoms with Gasteiger partial charge in [0.1, 0.15) is 11.1 Å². The maximum Gasteiger partial charge on any atom is 0.235 e. The molecule has 0 spiro atoms. The predicted octanol–water partition coefficient (Wildman–Crippen LogP) is 15.2. The highest BCUT2D eigenvalue weighted by Crippen LogP contribution is 2.48. The molecule has 0 fully saturated rings. The van der Waals surface area contributed by atoms with Crippen LogP contribution < -0.4 is 0 Å². The molecule has 14 rings (SSSR count). The standard InChI is InChI=1S/C56H31N3O/c1-3-15-36-32(13-1)25-26-34-27-28-35(31-46(34)36)51-50-40-19-7-5-17-38(40)39-18-6-10-22-43(39)52(50)58-56(57-51)59-53-37-16-4-2-14-33(37)29-30-45(53)48-41-20-8-9-21-42(41)49-44-23-11-12-24-47(44)60-55(49)54(48)59/h1-31H. The van der Waals surface area contributed by atoms with Gasteiger partial charge < -0.3 is 4.42 Å². The van der Waals surface area contributed by atoms with E-state index >= 15 is 0 Å². The first-order valence-corrected chi connectivity index (χ1v) is 20.5. The Hall–Kier alpha value is -8.08. The van der Waals surface area contributed by atoms with Crippen molar-refractivity contribution in [2.45, 2.75) is 0 Å². The number of nitrogens with zero attached hydrogens (tertiary/aromatic N) is 3. The Morgan fingerprint density at radius 1 is 0.350 bits per heavy atom. The lowest BCUT2D eigenvalue weighted by atomic mass is 9.93. The fraction of sp³-hybridized carbons (Fsp3) is 0. The Morgan fingerprint density at radius 2 is 0.883 bits per heavy atom. The number of para-hydroxylation sites is 1. The van der Waals surface area contributed by atoms with Crippen molar-refractivity contribution in [3.8, 4) is 17.2 Å². The van der Waals surface area contributed by atoms with E-state index in [9.17, 15) is 0 Å². The van der Waals surface area contributed by atoms with Gasteiger partial charge in [0.2, 0.25) is 5.95 Å². The van der Waals surface area contributed by atoms with Crippen LogP contribution in [-0.4, -0.2) is 14.5 Å². The van der Waals surface area contributed by atoms with Crippen molar-refractivity contribution in [3.63, 3.8) is 0 Å². The second kappa shape index (κ2) is 11.8. The number of rotatable bonds is 2. The number of fused-ring (bicyclic) bond motifs is 21. The molecule has 0 bridgehead atoms. The fourth-order valence-electron chi connectivity index (χ4n) is 10.4. The minimum absolute atomic E-state index is 0.601. The van der Waals surface area contributed by atoms with Gasteiger partial charge in [0.05, 0.1) is 16.7 Å². The molecule has 0 N–H and O–H groups in total. The number of hydrogen-bond donors (Lipinski definition) is 0. The van der Waals surface area contributed by atoms with Crippen LogP contribution in [0.2, 0.25) is 0 Å². The van der Waals surface area contributed by atoms with E-state index in [1.807, 2.05) is 6.07 Å². The van der Waals surface area contributed by atoms with Crippen molar-refractivity contribution in [1.82, 2.24) is 14.5 Å². The number of furan rings is 1. The van der Waals surface area contributed by atoms with Crippen molar-refractivity contribution in [3.05, 3.63) is 188 Å². The van der Waals surface area contributed by atoms with E-state index in [0.717, 1.165) is 92.8 Å². The molecule has 276 valence electrons. The van der Waals surface area contributed by atoms with Crippen LogP contribution >= 0.6 is 0 Å². The quantitative estimate of drug-likeness (QED) is 0.165. The molecule has 0 amide bonds. The third kappa shape index (κ3) is 4.19. The summed E-state index contributed by atoms with van der Waals surface area (Å²) in [5.41, 5.74) is 6.55. The molecule has 0 aliphatic carbocycles. The lowest BCUT2D eigenvalue weighted by Crippen LogP contribution is -2.05. The predicted molar refractivity (Wildman–Crippen MR) is 252 cm³/mol. The highest BCUT2D eigenvalue weighted by molar-refractivity contribution is 6.37. The SMILES string of the molecule is c1ccc2c(c1)ccc1ccc(-c3nc(-n4c5c6ccccc6ccc5c5c6ccccc6c6c7ccccc7oc6c54)nc4c5ccccc5c5ccccc5c34)cc12. The zero-order valence-electron chi connectivity index (χ0n) is 32.1. The lowest BCUT2D eigenvalue weighted by molar-refractivity contribution is 0.671. The van der Waals surface area contributed by atoms with Crippen LogP contribution in [0.4, 0.5) is 0 Å². The summed E-state index contributed by atoms with van der Waals surface area (Å²) in [6, 6.07) is 67.6. The highest BCUT2D eigenvalue weighted by atomic mass is 16.3. The Kier molecular flexibility index (Phi) is 6.26. The van der Waals surface area contributed by atoms with Crippen LogP contribution in [-0.2, 0) is 0 Å². The van der Waals surface area contributed by atoms with Crippen LogP contribution in [0.15, 0.2) is 192 Å². The van der Waals surface area contributed by atoms with Gasteiger partial charge in [-0.1, -0.05) is 176 Å². The molecule has 14 aromatic rings. The van der Waals surface area contributed by atoms with Crippen LogP contribution in [0.3, 0.4) is 0 Å². The monoisotopic (exact) mass is 761 g/mol. The third-order valence-electron chi connectivity index (χ3n) is 12.9. The van der Waals surface area contributed by atoms with E-state index in [2.05, 4.69) is 187 Å². The van der Waals surface area contributed by atoms with Gasteiger partial charge in [-0.3, -0.25) is 4.57 Å². The van der Waals surface area contributed by atoms with Gasteiger partial charge in [-0.2, -0.15) is 0 Å². The van der Waals surface area contributed by atoms with Crippen molar-refractivity contribution in [2.75, 3.05) is 0 Å². The summed E-state index contributed by atoms with van der Waals surface area (Å²) >= 11 is 0. The lowest BCUT2D eigenvalue weighted by Gasteiger charge is -2.17. The molecule has 0 aliphatic rings. The zero-order valence-corrected chi connectivity index (χ0v) is 32.1. The van der Waals surface area contributed by atoms with E-state index in [1.54, 1.807) is 0 Å². The normalized spacial score (nSPS) is 12.3. The van der Waals surface area contributed by atoms with E-state index in [-0.39, 0.29) is 0 Å². The first-order valence-electron chi connectivity index (χ1n) is 20.5. The number of hydrogen-bond acceptors (Lipinski definition) is 3. The van der Waals surface area contributed by atoms with Crippen LogP contribution in [0.5, 0.6) is 0 Å². The smallest absolute Gasteiger partial charge is 0.235 e. The van der Waals surface area contributed by atoms with Gasteiger partial charge in [0.15, 0.2) is 5.58 Å². The van der Waals surface area contributed by atoms with Gasteiger partial charge in [-0.05, 0) is 66.0 Å². The van der Waals surface area contributed by atoms with Crippen LogP contribution in [0, 0.1) is 0 Å². The van der Waals surface area contributed by atoms with E-state index in [4.69, 9.17) is 14.4 Å². The Labute approximate surface area is 342 Å². The second-order valence-corrected chi connectivity index (χ2v) is 16.0. The van der Waals surface area contributed by atoms with E-state index in [0.29, 0.717) is 5.95 Å². The van der Waals surface area contributed by atoms with E-state index < -0.39 is 0 Å². The molecule has 0 radical (unpaired) electrons. The van der Waals surface area contributed by atoms with Gasteiger partial charge in [-0.25, -0.2) is 9.97 Å². The minimum atomic E-state index is 0.601. The second-order valence-electron chi connectivity index (χ2n) is 16.0. The molecule has 3 heterocycles. The molecule has 4 heteroatoms. The molecule has 4 nitrogen and oxygen atoms in total. The first-order chi connectivity index (χ1) is 29.8. The first kappa shape index (κ1) is 31.9. The van der Waals surface area contributed by atoms with Crippen molar-refractivity contribution < 1.29 is 4.42 Å². The van der Waals surface area contributed by atoms with Gasteiger partial charge >= 0.3 is 0 Å². The molecule has 0 aliphatic heterocycles. The summed E-state index contributed by atoms with van der Waals surface area (Å²) in [4.78, 5) is 11.6. The topological polar surface area (TPSA) is 43.9 Å². The molecule has 0 atom stereocenters. The molecular weight excluding hydrogens is 731 g/mol. The minimum Gasteiger partial charge on any atom is -0.454 e. The largest absolute Gasteiger partial charge is 0.454 e. The maximum absolute atomic E-state index is 7.02. The van der Waals surface area contributed by atoms with Gasteiger partial charge in [0, 0.05) is 43.3 Å². The summed E-state index contributed by atoms with van der Waals surface area (Å²) in [7, 11) is 0. The summed E-state index contributed by atoms with van der Waals surface area (Å²) in [5, 5.41) is 19.5. The summed E-state index contributed by atoms with van der Waals surface area (Å²) in [6.45, 7) is 0. The Balaban J connectivity index is 1.24. The maximum atomic E-state index is 7.02. The molecule has 60 heavy (non-hydrogen) atoms. The highest BCUT2D eigenvalue weighted by Gasteiger charge is 2.27. The molecule has 3 aromatic heterocycles. The van der Waals surface area contributed by atoms with Crippen LogP contribution in [0.1, 0.15) is 0 Å². The molecule has 0 saturated carbocycles. The summed E-state index contributed by atoms with van der Waals surface area (Å²) in [6.07, 6.45) is 0. The average Bonchev–Trinajstić information content (AvgIpc) is 3.89. The molecule has 11 aromatic carbocycles. The molecular formula is C56H31N3O. The average molecular weight is 762 g/mol. The summed E-state index contributed by atoms with van der Waals surface area (Å²) < 4.78 is 9.33. The fourth-order valence-corrected chi connectivity index (χ4v) is 10.4. The van der Waals surface area contributed by atoms with Gasteiger partial charge in [-0.15, -0.1) is 0 Å². The zero-order chi connectivity index (χ0) is 39.1. The van der Waals surface area contributed by atoms with Crippen molar-refractivity contribution >= 4 is 119 Å². The summed E-state index contributed by atoms with van der Waals surface area (Å²) in [5.74, 6) is 0.601. The van der Waals surface area contributed by atoms with Crippen molar-refractivity contribution in [2.24, 2.45) is 0 Å². The Bertz CT molecular complexity index is 4190. The van der Waals surface area contributed by atoms with Crippen molar-refractivity contribution in [1.29, 1.82) is 0 Å². The number of benzene rings is 11.